The number of para-hydroxylation sites is 4. The average molecular weight is 615 g/mol. The minimum atomic E-state index is 0.540. The summed E-state index contributed by atoms with van der Waals surface area (Å²) in [4.78, 5) is 0. The zero-order valence-electron chi connectivity index (χ0n) is 26.6. The molecule has 0 aliphatic carbocycles. The van der Waals surface area contributed by atoms with Crippen LogP contribution < -0.4 is 0 Å². The van der Waals surface area contributed by atoms with E-state index in [1.54, 1.807) is 0 Å². The van der Waals surface area contributed by atoms with Crippen molar-refractivity contribution in [2.75, 3.05) is 0 Å². The normalized spacial score (nSPS) is 11.4. The van der Waals surface area contributed by atoms with Crippen molar-refractivity contribution in [3.8, 4) is 45.8 Å². The molecule has 4 nitrogen and oxygen atoms in total. The van der Waals surface area contributed by atoms with Crippen molar-refractivity contribution in [2.45, 2.75) is 13.8 Å². The summed E-state index contributed by atoms with van der Waals surface area (Å²) in [5.74, 6) is 0. The van der Waals surface area contributed by atoms with Gasteiger partial charge < -0.3 is 9.13 Å². The Labute approximate surface area is 279 Å². The van der Waals surface area contributed by atoms with Gasteiger partial charge in [-0.3, -0.25) is 0 Å². The number of allylic oxidation sites excluding steroid dienone is 1. The highest BCUT2D eigenvalue weighted by molar-refractivity contribution is 6.10. The van der Waals surface area contributed by atoms with Crippen LogP contribution in [0.2, 0.25) is 0 Å². The van der Waals surface area contributed by atoms with Crippen LogP contribution in [-0.2, 0) is 0 Å². The Kier molecular flexibility index (Phi) is 6.98. The van der Waals surface area contributed by atoms with Gasteiger partial charge in [0, 0.05) is 38.7 Å². The van der Waals surface area contributed by atoms with Crippen LogP contribution in [0.1, 0.15) is 29.3 Å². The molecule has 0 saturated carbocycles. The van der Waals surface area contributed by atoms with Crippen LogP contribution in [0.25, 0.3) is 72.4 Å². The summed E-state index contributed by atoms with van der Waals surface area (Å²) >= 11 is 0. The number of benzene rings is 6. The van der Waals surface area contributed by atoms with Crippen LogP contribution >= 0.6 is 0 Å². The van der Waals surface area contributed by atoms with Gasteiger partial charge in [0.25, 0.3) is 0 Å². The zero-order chi connectivity index (χ0) is 32.8. The second-order valence-electron chi connectivity index (χ2n) is 12.0. The van der Waals surface area contributed by atoms with Gasteiger partial charge in [0.05, 0.1) is 45.5 Å². The fourth-order valence-corrected chi connectivity index (χ4v) is 7.21. The molecule has 6 aromatic carbocycles. The molecule has 0 radical (unpaired) electrons. The van der Waals surface area contributed by atoms with Crippen molar-refractivity contribution in [3.63, 3.8) is 0 Å². The number of rotatable bonds is 5. The van der Waals surface area contributed by atoms with E-state index in [0.717, 1.165) is 55.9 Å². The Morgan fingerprint density at radius 2 is 1.15 bits per heavy atom. The van der Waals surface area contributed by atoms with E-state index < -0.39 is 0 Å². The van der Waals surface area contributed by atoms with Crippen LogP contribution in [0, 0.1) is 29.6 Å². The van der Waals surface area contributed by atoms with Crippen LogP contribution in [0.15, 0.2) is 140 Å². The number of nitriles is 2. The van der Waals surface area contributed by atoms with Crippen molar-refractivity contribution < 1.29 is 0 Å². The van der Waals surface area contributed by atoms with E-state index >= 15 is 0 Å². The molecule has 0 bridgehead atoms. The predicted molar refractivity (Wildman–Crippen MR) is 197 cm³/mol. The molecule has 0 N–H and O–H groups in total. The van der Waals surface area contributed by atoms with Gasteiger partial charge in [0.15, 0.2) is 0 Å². The van der Waals surface area contributed by atoms with E-state index in [-0.39, 0.29) is 0 Å². The first-order valence-corrected chi connectivity index (χ1v) is 16.0. The van der Waals surface area contributed by atoms with Gasteiger partial charge in [-0.1, -0.05) is 91.0 Å². The Bertz CT molecular complexity index is 2620. The van der Waals surface area contributed by atoms with Crippen LogP contribution in [-0.4, -0.2) is 9.13 Å². The molecule has 0 aliphatic rings. The molecular formula is C44H30N4. The molecule has 0 unspecified atom stereocenters. The molecule has 0 spiro atoms. The van der Waals surface area contributed by atoms with E-state index in [2.05, 4.69) is 125 Å². The number of hydrogen-bond donors (Lipinski definition) is 0. The highest BCUT2D eigenvalue weighted by Crippen LogP contribution is 2.41. The fourth-order valence-electron chi connectivity index (χ4n) is 7.21. The minimum absolute atomic E-state index is 0.540. The van der Waals surface area contributed by atoms with Gasteiger partial charge in [0.2, 0.25) is 0 Å². The molecule has 2 aromatic heterocycles. The van der Waals surface area contributed by atoms with Gasteiger partial charge in [0.1, 0.15) is 0 Å². The maximum Gasteiger partial charge on any atom is 0.0998 e. The quantitative estimate of drug-likeness (QED) is 0.194. The SMILES string of the molecule is C/C=C\c1c(C)c2ccccc2n1-c1ccc(-c2cc(C#N)ccc2-c2ccccc2-n2c3ccccc3c3ccccc32)c(C#N)c1. The first-order valence-electron chi connectivity index (χ1n) is 16.0. The van der Waals surface area contributed by atoms with Gasteiger partial charge in [-0.25, -0.2) is 0 Å². The van der Waals surface area contributed by atoms with Crippen LogP contribution in [0.3, 0.4) is 0 Å². The molecule has 226 valence electrons. The monoisotopic (exact) mass is 614 g/mol. The molecule has 8 rings (SSSR count). The standard InChI is InChI=1S/C44H30N4/c1-3-12-40-29(2)33-13-4-8-17-41(33)47(40)32-22-24-34(31(26-32)28-46)39-25-30(27-45)21-23-35(39)36-14-5-9-18-42(36)48-43-19-10-6-15-37(43)38-16-7-11-20-44(38)48/h3-26H,1-2H3/b12-3-. The van der Waals surface area contributed by atoms with E-state index in [1.165, 1.54) is 21.7 Å². The van der Waals surface area contributed by atoms with E-state index in [0.29, 0.717) is 11.1 Å². The van der Waals surface area contributed by atoms with Crippen LogP contribution in [0.4, 0.5) is 0 Å². The maximum absolute atomic E-state index is 10.6. The fraction of sp³-hybridized carbons (Fsp3) is 0.0455. The van der Waals surface area contributed by atoms with Gasteiger partial charge in [-0.05, 0) is 85.1 Å². The molecule has 48 heavy (non-hydrogen) atoms. The summed E-state index contributed by atoms with van der Waals surface area (Å²) in [5, 5.41) is 24.2. The topological polar surface area (TPSA) is 57.4 Å². The van der Waals surface area contributed by atoms with E-state index in [4.69, 9.17) is 0 Å². The lowest BCUT2D eigenvalue weighted by Crippen LogP contribution is -2.00. The largest absolute Gasteiger partial charge is 0.310 e. The number of aryl methyl sites for hydroxylation is 1. The van der Waals surface area contributed by atoms with Crippen LogP contribution in [0.5, 0.6) is 0 Å². The van der Waals surface area contributed by atoms with E-state index in [1.807, 2.05) is 55.5 Å². The summed E-state index contributed by atoms with van der Waals surface area (Å²) in [5.41, 5.74) is 12.2. The molecule has 0 amide bonds. The molecule has 0 aliphatic heterocycles. The number of hydrogen-bond acceptors (Lipinski definition) is 2. The third kappa shape index (κ3) is 4.43. The van der Waals surface area contributed by atoms with Gasteiger partial charge in [-0.2, -0.15) is 10.5 Å². The van der Waals surface area contributed by atoms with Gasteiger partial charge in [-0.15, -0.1) is 0 Å². The lowest BCUT2D eigenvalue weighted by molar-refractivity contribution is 1.09. The summed E-state index contributed by atoms with van der Waals surface area (Å²) in [6.45, 7) is 4.16. The molecular weight excluding hydrogens is 585 g/mol. The minimum Gasteiger partial charge on any atom is -0.310 e. The second kappa shape index (κ2) is 11.6. The lowest BCUT2D eigenvalue weighted by Gasteiger charge is -2.18. The Hall–Kier alpha value is -6.62. The Morgan fingerprint density at radius 3 is 1.81 bits per heavy atom. The maximum atomic E-state index is 10.6. The summed E-state index contributed by atoms with van der Waals surface area (Å²) in [6.07, 6.45) is 4.17. The number of nitrogens with zero attached hydrogens (tertiary/aromatic N) is 4. The molecule has 4 heteroatoms. The van der Waals surface area contributed by atoms with Crippen molar-refractivity contribution >= 4 is 38.8 Å². The molecule has 0 atom stereocenters. The highest BCUT2D eigenvalue weighted by atomic mass is 15.0. The van der Waals surface area contributed by atoms with Crippen molar-refractivity contribution in [1.29, 1.82) is 10.5 Å². The van der Waals surface area contributed by atoms with Crippen molar-refractivity contribution in [1.82, 2.24) is 9.13 Å². The molecule has 0 saturated heterocycles. The third-order valence-electron chi connectivity index (χ3n) is 9.33. The van der Waals surface area contributed by atoms with Gasteiger partial charge >= 0.3 is 0 Å². The average Bonchev–Trinajstić information content (AvgIpc) is 3.63. The lowest BCUT2D eigenvalue weighted by atomic mass is 9.89. The summed E-state index contributed by atoms with van der Waals surface area (Å²) in [6, 6.07) is 50.4. The van der Waals surface area contributed by atoms with Crippen molar-refractivity contribution in [2.24, 2.45) is 0 Å². The zero-order valence-corrected chi connectivity index (χ0v) is 26.6. The molecule has 2 heterocycles. The predicted octanol–water partition coefficient (Wildman–Crippen LogP) is 11.1. The Morgan fingerprint density at radius 1 is 0.542 bits per heavy atom. The first-order chi connectivity index (χ1) is 23.6. The summed E-state index contributed by atoms with van der Waals surface area (Å²) in [7, 11) is 0. The Balaban J connectivity index is 1.37. The molecule has 8 aromatic rings. The number of aromatic nitrogens is 2. The van der Waals surface area contributed by atoms with E-state index in [9.17, 15) is 10.5 Å². The summed E-state index contributed by atoms with van der Waals surface area (Å²) < 4.78 is 4.54. The molecule has 0 fully saturated rings. The number of fused-ring (bicyclic) bond motifs is 4. The highest BCUT2D eigenvalue weighted by Gasteiger charge is 2.20. The third-order valence-corrected chi connectivity index (χ3v) is 9.33. The van der Waals surface area contributed by atoms with Crippen molar-refractivity contribution in [3.05, 3.63) is 162 Å². The first kappa shape index (κ1) is 28.8. The smallest absolute Gasteiger partial charge is 0.0998 e. The second-order valence-corrected chi connectivity index (χ2v) is 12.0.